The van der Waals surface area contributed by atoms with E-state index in [-0.39, 0.29) is 5.91 Å². The number of carbonyl (C=O) groups excluding carboxylic acids is 1. The van der Waals surface area contributed by atoms with Crippen LogP contribution in [0.4, 0.5) is 5.82 Å². The molecule has 6 heteroatoms. The Morgan fingerprint density at radius 3 is 2.72 bits per heavy atom. The molecule has 0 radical (unpaired) electrons. The number of fused-ring (bicyclic) bond motifs is 3. The van der Waals surface area contributed by atoms with E-state index in [0.29, 0.717) is 17.5 Å². The van der Waals surface area contributed by atoms with E-state index in [2.05, 4.69) is 21.8 Å². The lowest BCUT2D eigenvalue weighted by molar-refractivity contribution is 0.0724. The SMILES string of the molecule is CN1C[C@H]2COC[C@@H]1CN(c1ccc(C(=O)N3CCCCC3)cn1)C2. The summed E-state index contributed by atoms with van der Waals surface area (Å²) in [5.74, 6) is 1.61. The molecule has 3 aliphatic heterocycles. The van der Waals surface area contributed by atoms with Gasteiger partial charge in [-0.2, -0.15) is 0 Å². The average Bonchev–Trinajstić information content (AvgIpc) is 2.90. The van der Waals surface area contributed by atoms with Crippen molar-refractivity contribution < 1.29 is 9.53 Å². The molecule has 4 heterocycles. The maximum Gasteiger partial charge on any atom is 0.255 e. The third-order valence-corrected chi connectivity index (χ3v) is 5.71. The minimum atomic E-state index is 0.125. The maximum absolute atomic E-state index is 12.6. The number of anilines is 1. The van der Waals surface area contributed by atoms with Crippen molar-refractivity contribution in [3.8, 4) is 0 Å². The molecule has 3 saturated heterocycles. The van der Waals surface area contributed by atoms with Crippen LogP contribution in [0.5, 0.6) is 0 Å². The highest BCUT2D eigenvalue weighted by molar-refractivity contribution is 5.94. The van der Waals surface area contributed by atoms with Crippen LogP contribution in [0.3, 0.4) is 0 Å². The fourth-order valence-electron chi connectivity index (χ4n) is 4.22. The number of pyridine rings is 1. The molecule has 4 rings (SSSR count). The second-order valence-electron chi connectivity index (χ2n) is 7.66. The predicted octanol–water partition coefficient (Wildman–Crippen LogP) is 1.47. The van der Waals surface area contributed by atoms with Gasteiger partial charge in [0.15, 0.2) is 0 Å². The monoisotopic (exact) mass is 344 g/mol. The van der Waals surface area contributed by atoms with Gasteiger partial charge in [-0.15, -0.1) is 0 Å². The Hall–Kier alpha value is -1.66. The van der Waals surface area contributed by atoms with Gasteiger partial charge in [0.1, 0.15) is 5.82 Å². The van der Waals surface area contributed by atoms with Gasteiger partial charge in [0.25, 0.3) is 5.91 Å². The Morgan fingerprint density at radius 1 is 1.12 bits per heavy atom. The third-order valence-electron chi connectivity index (χ3n) is 5.71. The molecule has 6 nitrogen and oxygen atoms in total. The Bertz CT molecular complexity index is 600. The topological polar surface area (TPSA) is 48.9 Å². The number of likely N-dealkylation sites (tertiary alicyclic amines) is 1. The molecule has 1 aromatic heterocycles. The lowest BCUT2D eigenvalue weighted by Crippen LogP contribution is -2.42. The fourth-order valence-corrected chi connectivity index (χ4v) is 4.22. The van der Waals surface area contributed by atoms with Crippen LogP contribution in [0.25, 0.3) is 0 Å². The Morgan fingerprint density at radius 2 is 1.96 bits per heavy atom. The number of amides is 1. The molecule has 25 heavy (non-hydrogen) atoms. The van der Waals surface area contributed by atoms with Crippen LogP contribution in [0.15, 0.2) is 18.3 Å². The van der Waals surface area contributed by atoms with Crippen molar-refractivity contribution in [2.24, 2.45) is 5.92 Å². The van der Waals surface area contributed by atoms with E-state index in [0.717, 1.165) is 64.6 Å². The van der Waals surface area contributed by atoms with E-state index >= 15 is 0 Å². The van der Waals surface area contributed by atoms with E-state index in [1.54, 1.807) is 6.20 Å². The van der Waals surface area contributed by atoms with Crippen LogP contribution in [-0.2, 0) is 4.74 Å². The molecule has 0 spiro atoms. The van der Waals surface area contributed by atoms with E-state index in [1.165, 1.54) is 6.42 Å². The van der Waals surface area contributed by atoms with Crippen molar-refractivity contribution in [3.05, 3.63) is 23.9 Å². The lowest BCUT2D eigenvalue weighted by atomic mass is 10.1. The molecule has 2 bridgehead atoms. The van der Waals surface area contributed by atoms with Gasteiger partial charge in [0.05, 0.1) is 24.8 Å². The van der Waals surface area contributed by atoms with Crippen molar-refractivity contribution in [1.29, 1.82) is 0 Å². The molecule has 2 atom stereocenters. The first kappa shape index (κ1) is 16.8. The lowest BCUT2D eigenvalue weighted by Gasteiger charge is -2.31. The molecular weight excluding hydrogens is 316 g/mol. The van der Waals surface area contributed by atoms with E-state index in [4.69, 9.17) is 4.74 Å². The molecule has 0 saturated carbocycles. The zero-order valence-corrected chi connectivity index (χ0v) is 15.1. The van der Waals surface area contributed by atoms with Gasteiger partial charge in [-0.3, -0.25) is 9.69 Å². The average molecular weight is 344 g/mol. The number of ether oxygens (including phenoxy) is 1. The summed E-state index contributed by atoms with van der Waals surface area (Å²) in [6.45, 7) is 6.34. The molecule has 0 unspecified atom stereocenters. The van der Waals surface area contributed by atoms with Crippen molar-refractivity contribution in [2.75, 3.05) is 57.9 Å². The molecule has 0 N–H and O–H groups in total. The Balaban J connectivity index is 1.47. The van der Waals surface area contributed by atoms with E-state index in [1.807, 2.05) is 17.0 Å². The second-order valence-corrected chi connectivity index (χ2v) is 7.66. The molecular formula is C19H28N4O2. The van der Waals surface area contributed by atoms with Gasteiger partial charge < -0.3 is 14.5 Å². The predicted molar refractivity (Wildman–Crippen MR) is 96.9 cm³/mol. The smallest absolute Gasteiger partial charge is 0.255 e. The van der Waals surface area contributed by atoms with Gasteiger partial charge in [-0.25, -0.2) is 4.98 Å². The quantitative estimate of drug-likeness (QED) is 0.813. The van der Waals surface area contributed by atoms with Crippen molar-refractivity contribution in [1.82, 2.24) is 14.8 Å². The van der Waals surface area contributed by atoms with E-state index in [9.17, 15) is 4.79 Å². The van der Waals surface area contributed by atoms with Crippen LogP contribution >= 0.6 is 0 Å². The number of hydrogen-bond acceptors (Lipinski definition) is 5. The summed E-state index contributed by atoms with van der Waals surface area (Å²) in [6.07, 6.45) is 5.22. The van der Waals surface area contributed by atoms with Crippen molar-refractivity contribution in [2.45, 2.75) is 25.3 Å². The number of nitrogens with zero attached hydrogens (tertiary/aromatic N) is 4. The van der Waals surface area contributed by atoms with Crippen molar-refractivity contribution >= 4 is 11.7 Å². The molecule has 3 aliphatic rings. The first-order valence-corrected chi connectivity index (χ1v) is 9.49. The van der Waals surface area contributed by atoms with Crippen LogP contribution < -0.4 is 4.90 Å². The summed E-state index contributed by atoms with van der Waals surface area (Å²) in [7, 11) is 2.18. The summed E-state index contributed by atoms with van der Waals surface area (Å²) in [5.41, 5.74) is 0.709. The summed E-state index contributed by atoms with van der Waals surface area (Å²) in [5, 5.41) is 0. The van der Waals surface area contributed by atoms with Gasteiger partial charge in [-0.1, -0.05) is 0 Å². The highest BCUT2D eigenvalue weighted by atomic mass is 16.5. The first-order valence-electron chi connectivity index (χ1n) is 9.49. The molecule has 1 aromatic rings. The standard InChI is InChI=1S/C19H28N4O2/c1-21-10-15-11-23(12-17(21)14-25-13-15)18-6-5-16(9-20-18)19(24)22-7-3-2-4-8-22/h5-6,9,15,17H,2-4,7-8,10-14H2,1H3/t15-,17+/m1/s1. The maximum atomic E-state index is 12.6. The Labute approximate surface area is 149 Å². The number of aromatic nitrogens is 1. The number of hydrogen-bond donors (Lipinski definition) is 0. The number of piperidine rings is 1. The summed E-state index contributed by atoms with van der Waals surface area (Å²) in [4.78, 5) is 24.0. The summed E-state index contributed by atoms with van der Waals surface area (Å²) in [6, 6.07) is 4.36. The molecule has 3 fully saturated rings. The highest BCUT2D eigenvalue weighted by Gasteiger charge is 2.32. The van der Waals surface area contributed by atoms with Crippen LogP contribution in [-0.4, -0.2) is 79.7 Å². The minimum absolute atomic E-state index is 0.125. The summed E-state index contributed by atoms with van der Waals surface area (Å²) >= 11 is 0. The van der Waals surface area contributed by atoms with E-state index < -0.39 is 0 Å². The molecule has 0 aromatic carbocycles. The molecule has 1 amide bonds. The van der Waals surface area contributed by atoms with Crippen LogP contribution in [0.1, 0.15) is 29.6 Å². The zero-order valence-electron chi connectivity index (χ0n) is 15.1. The largest absolute Gasteiger partial charge is 0.379 e. The van der Waals surface area contributed by atoms with Crippen LogP contribution in [0.2, 0.25) is 0 Å². The minimum Gasteiger partial charge on any atom is -0.379 e. The zero-order chi connectivity index (χ0) is 17.2. The molecule has 136 valence electrons. The van der Waals surface area contributed by atoms with Gasteiger partial charge in [-0.05, 0) is 38.4 Å². The van der Waals surface area contributed by atoms with Crippen LogP contribution in [0, 0.1) is 5.92 Å². The number of rotatable bonds is 2. The van der Waals surface area contributed by atoms with Gasteiger partial charge in [0, 0.05) is 44.8 Å². The number of carbonyl (C=O) groups is 1. The second kappa shape index (κ2) is 7.30. The third kappa shape index (κ3) is 3.65. The number of likely N-dealkylation sites (N-methyl/N-ethyl adjacent to an activating group) is 1. The van der Waals surface area contributed by atoms with Gasteiger partial charge in [0.2, 0.25) is 0 Å². The van der Waals surface area contributed by atoms with Gasteiger partial charge >= 0.3 is 0 Å². The van der Waals surface area contributed by atoms with Crippen molar-refractivity contribution in [3.63, 3.8) is 0 Å². The Kier molecular flexibility index (Phi) is 4.90. The summed E-state index contributed by atoms with van der Waals surface area (Å²) < 4.78 is 5.79. The highest BCUT2D eigenvalue weighted by Crippen LogP contribution is 2.23. The first-order chi connectivity index (χ1) is 12.2. The normalized spacial score (nSPS) is 27.9. The molecule has 0 aliphatic carbocycles. The fraction of sp³-hybridized carbons (Fsp3) is 0.684.